The van der Waals surface area contributed by atoms with Crippen LogP contribution in [0.15, 0.2) is 36.9 Å². The molecule has 0 heterocycles. The first-order valence-electron chi connectivity index (χ1n) is 6.83. The van der Waals surface area contributed by atoms with E-state index in [0.29, 0.717) is 24.2 Å². The Bertz CT molecular complexity index is 527. The van der Waals surface area contributed by atoms with Crippen LogP contribution in [0.1, 0.15) is 37.0 Å². The summed E-state index contributed by atoms with van der Waals surface area (Å²) in [5.41, 5.74) is -0.986. The lowest BCUT2D eigenvalue weighted by Gasteiger charge is -2.26. The summed E-state index contributed by atoms with van der Waals surface area (Å²) in [5.74, 6) is -1.12. The van der Waals surface area contributed by atoms with Crippen LogP contribution < -0.4 is 10.1 Å². The topological polar surface area (TPSA) is 75.6 Å². The molecule has 0 saturated carbocycles. The van der Waals surface area contributed by atoms with E-state index in [1.54, 1.807) is 30.3 Å². The number of nitrogens with one attached hydrogen (secondary N) is 1. The predicted molar refractivity (Wildman–Crippen MR) is 80.5 cm³/mol. The molecule has 1 aromatic carbocycles. The van der Waals surface area contributed by atoms with Crippen LogP contribution in [0.3, 0.4) is 0 Å². The van der Waals surface area contributed by atoms with Crippen molar-refractivity contribution in [2.45, 2.75) is 32.2 Å². The maximum atomic E-state index is 12.3. The number of para-hydroxylation sites is 1. The summed E-state index contributed by atoms with van der Waals surface area (Å²) in [5, 5.41) is 11.9. The fourth-order valence-electron chi connectivity index (χ4n) is 1.97. The number of carbonyl (C=O) groups excluding carboxylic acids is 1. The zero-order valence-electron chi connectivity index (χ0n) is 12.4. The number of benzene rings is 1. The molecule has 0 saturated heterocycles. The lowest BCUT2D eigenvalue weighted by Crippen LogP contribution is -2.52. The lowest BCUT2D eigenvalue weighted by molar-refractivity contribution is -0.144. The second kappa shape index (κ2) is 7.47. The van der Waals surface area contributed by atoms with E-state index in [4.69, 9.17) is 4.74 Å². The highest BCUT2D eigenvalue weighted by atomic mass is 16.5. The van der Waals surface area contributed by atoms with Crippen molar-refractivity contribution in [2.75, 3.05) is 6.61 Å². The fraction of sp³-hybridized carbons (Fsp3) is 0.375. The van der Waals surface area contributed by atoms with E-state index < -0.39 is 17.4 Å². The summed E-state index contributed by atoms with van der Waals surface area (Å²) >= 11 is 0. The van der Waals surface area contributed by atoms with Gasteiger partial charge in [0, 0.05) is 0 Å². The number of rotatable bonds is 8. The lowest BCUT2D eigenvalue weighted by atomic mass is 9.95. The Morgan fingerprint density at radius 1 is 1.43 bits per heavy atom. The Kier molecular flexibility index (Phi) is 5.96. The molecule has 1 aromatic rings. The largest absolute Gasteiger partial charge is 0.489 e. The number of carboxylic acid groups (broad SMARTS) is 1. The second-order valence-corrected chi connectivity index (χ2v) is 4.94. The van der Waals surface area contributed by atoms with E-state index >= 15 is 0 Å². The highest BCUT2D eigenvalue weighted by molar-refractivity contribution is 5.99. The molecule has 0 aromatic heterocycles. The van der Waals surface area contributed by atoms with E-state index in [1.165, 1.54) is 6.92 Å². The van der Waals surface area contributed by atoms with Crippen LogP contribution >= 0.6 is 0 Å². The maximum absolute atomic E-state index is 12.3. The van der Waals surface area contributed by atoms with Crippen molar-refractivity contribution in [3.63, 3.8) is 0 Å². The first-order valence-corrected chi connectivity index (χ1v) is 6.83. The molecule has 0 radical (unpaired) electrons. The Morgan fingerprint density at radius 3 is 2.67 bits per heavy atom. The molecule has 5 nitrogen and oxygen atoms in total. The van der Waals surface area contributed by atoms with Crippen molar-refractivity contribution < 1.29 is 19.4 Å². The van der Waals surface area contributed by atoms with Crippen LogP contribution in [-0.2, 0) is 4.79 Å². The van der Waals surface area contributed by atoms with Crippen molar-refractivity contribution in [3.8, 4) is 5.75 Å². The molecule has 0 spiro atoms. The third kappa shape index (κ3) is 4.34. The van der Waals surface area contributed by atoms with Gasteiger partial charge in [0.1, 0.15) is 17.9 Å². The Morgan fingerprint density at radius 2 is 2.10 bits per heavy atom. The van der Waals surface area contributed by atoms with Crippen molar-refractivity contribution >= 4 is 11.9 Å². The summed E-state index contributed by atoms with van der Waals surface area (Å²) in [4.78, 5) is 23.7. The Labute approximate surface area is 124 Å². The van der Waals surface area contributed by atoms with Gasteiger partial charge in [0.2, 0.25) is 0 Å². The van der Waals surface area contributed by atoms with Gasteiger partial charge in [0.05, 0.1) is 5.56 Å². The molecule has 21 heavy (non-hydrogen) atoms. The van der Waals surface area contributed by atoms with Crippen molar-refractivity contribution in [3.05, 3.63) is 42.5 Å². The standard InChI is InChI=1S/C16H21NO4/c1-4-10-16(3,15(19)20)17-14(18)12-8-6-7-9-13(12)21-11-5-2/h5-9H,2,4,10-11H2,1,3H3,(H,17,18)(H,19,20). The van der Waals surface area contributed by atoms with Crippen LogP contribution in [-0.4, -0.2) is 29.1 Å². The minimum atomic E-state index is -1.29. The van der Waals surface area contributed by atoms with Crippen LogP contribution in [0.25, 0.3) is 0 Å². The quantitative estimate of drug-likeness (QED) is 0.722. The summed E-state index contributed by atoms with van der Waals surface area (Å²) in [6.45, 7) is 7.20. The molecule has 1 amide bonds. The fourth-order valence-corrected chi connectivity index (χ4v) is 1.97. The van der Waals surface area contributed by atoms with Crippen molar-refractivity contribution in [1.29, 1.82) is 0 Å². The minimum absolute atomic E-state index is 0.273. The van der Waals surface area contributed by atoms with Crippen LogP contribution in [0.5, 0.6) is 5.75 Å². The number of hydrogen-bond donors (Lipinski definition) is 2. The Hall–Kier alpha value is -2.30. The molecule has 5 heteroatoms. The molecule has 0 aliphatic rings. The van der Waals surface area contributed by atoms with E-state index in [1.807, 2.05) is 6.92 Å². The number of amides is 1. The summed E-state index contributed by atoms with van der Waals surface area (Å²) < 4.78 is 5.42. The van der Waals surface area contributed by atoms with Crippen LogP contribution in [0, 0.1) is 0 Å². The zero-order chi connectivity index (χ0) is 15.9. The van der Waals surface area contributed by atoms with Gasteiger partial charge in [-0.25, -0.2) is 4.79 Å². The average Bonchev–Trinajstić information content (AvgIpc) is 2.45. The number of hydrogen-bond acceptors (Lipinski definition) is 3. The average molecular weight is 291 g/mol. The molecule has 1 atom stereocenters. The summed E-state index contributed by atoms with van der Waals surface area (Å²) in [6, 6.07) is 6.71. The minimum Gasteiger partial charge on any atom is -0.489 e. The normalized spacial score (nSPS) is 13.0. The highest BCUT2D eigenvalue weighted by Gasteiger charge is 2.34. The Balaban J connectivity index is 2.97. The first kappa shape index (κ1) is 16.8. The third-order valence-corrected chi connectivity index (χ3v) is 3.10. The van der Waals surface area contributed by atoms with E-state index in [0.717, 1.165) is 0 Å². The molecular formula is C16H21NO4. The second-order valence-electron chi connectivity index (χ2n) is 4.94. The zero-order valence-corrected chi connectivity index (χ0v) is 12.4. The first-order chi connectivity index (χ1) is 9.94. The summed E-state index contributed by atoms with van der Waals surface area (Å²) in [7, 11) is 0. The van der Waals surface area contributed by atoms with E-state index in [9.17, 15) is 14.7 Å². The van der Waals surface area contributed by atoms with Gasteiger partial charge in [0.25, 0.3) is 5.91 Å². The van der Waals surface area contributed by atoms with Crippen molar-refractivity contribution in [1.82, 2.24) is 5.32 Å². The number of carbonyl (C=O) groups is 2. The molecule has 114 valence electrons. The van der Waals surface area contributed by atoms with Crippen molar-refractivity contribution in [2.24, 2.45) is 0 Å². The molecule has 1 unspecified atom stereocenters. The van der Waals surface area contributed by atoms with Crippen LogP contribution in [0.4, 0.5) is 0 Å². The number of carboxylic acids is 1. The molecule has 0 bridgehead atoms. The number of ether oxygens (including phenoxy) is 1. The van der Waals surface area contributed by atoms with E-state index in [2.05, 4.69) is 11.9 Å². The van der Waals surface area contributed by atoms with Gasteiger partial charge in [-0.15, -0.1) is 0 Å². The highest BCUT2D eigenvalue weighted by Crippen LogP contribution is 2.20. The third-order valence-electron chi connectivity index (χ3n) is 3.10. The molecule has 0 fully saturated rings. The summed E-state index contributed by atoms with van der Waals surface area (Å²) in [6.07, 6.45) is 2.58. The maximum Gasteiger partial charge on any atom is 0.329 e. The molecule has 0 aliphatic heterocycles. The van der Waals surface area contributed by atoms with Gasteiger partial charge < -0.3 is 15.2 Å². The van der Waals surface area contributed by atoms with Gasteiger partial charge in [-0.1, -0.05) is 38.1 Å². The predicted octanol–water partition coefficient (Wildman–Crippen LogP) is 2.62. The van der Waals surface area contributed by atoms with Gasteiger partial charge in [-0.05, 0) is 25.5 Å². The molecular weight excluding hydrogens is 270 g/mol. The molecule has 0 aliphatic carbocycles. The van der Waals surface area contributed by atoms with Gasteiger partial charge >= 0.3 is 5.97 Å². The molecule has 1 rings (SSSR count). The van der Waals surface area contributed by atoms with Crippen LogP contribution in [0.2, 0.25) is 0 Å². The number of aliphatic carboxylic acids is 1. The molecule has 2 N–H and O–H groups in total. The van der Waals surface area contributed by atoms with Gasteiger partial charge in [-0.3, -0.25) is 4.79 Å². The van der Waals surface area contributed by atoms with E-state index in [-0.39, 0.29) is 6.61 Å². The SMILES string of the molecule is C=CCOc1ccccc1C(=O)NC(C)(CCC)C(=O)O. The van der Waals surface area contributed by atoms with Gasteiger partial charge in [-0.2, -0.15) is 0 Å². The monoisotopic (exact) mass is 291 g/mol. The smallest absolute Gasteiger partial charge is 0.329 e. The van der Waals surface area contributed by atoms with Gasteiger partial charge in [0.15, 0.2) is 0 Å².